The van der Waals surface area contributed by atoms with Gasteiger partial charge in [-0.05, 0) is 0 Å². The lowest BCUT2D eigenvalue weighted by molar-refractivity contribution is -0.0957. The van der Waals surface area contributed by atoms with Gasteiger partial charge in [-0.25, -0.2) is 0 Å². The maximum atomic E-state index is 9.82. The predicted octanol–water partition coefficient (Wildman–Crippen LogP) is -3.51. The zero-order valence-electron chi connectivity index (χ0n) is 6.83. The van der Waals surface area contributed by atoms with Gasteiger partial charge in [-0.1, -0.05) is 0 Å². The second-order valence-corrected chi connectivity index (χ2v) is 3.78. The van der Waals surface area contributed by atoms with Gasteiger partial charge < -0.3 is 25.5 Å². The maximum Gasteiger partial charge on any atom is 0.115 e. The van der Waals surface area contributed by atoms with E-state index in [-0.39, 0.29) is 6.42 Å². The van der Waals surface area contributed by atoms with Crippen molar-refractivity contribution in [2.45, 2.75) is 42.6 Å². The molecular formula is C7H13NO5. The fourth-order valence-corrected chi connectivity index (χ4v) is 2.23. The van der Waals surface area contributed by atoms with Gasteiger partial charge in [-0.2, -0.15) is 0 Å². The van der Waals surface area contributed by atoms with Gasteiger partial charge in [-0.15, -0.1) is 0 Å². The first-order valence-corrected chi connectivity index (χ1v) is 4.17. The Balaban J connectivity index is 2.29. The van der Waals surface area contributed by atoms with Crippen molar-refractivity contribution in [3.63, 3.8) is 0 Å². The Morgan fingerprint density at radius 1 is 1.08 bits per heavy atom. The van der Waals surface area contributed by atoms with Gasteiger partial charge >= 0.3 is 0 Å². The van der Waals surface area contributed by atoms with Crippen molar-refractivity contribution >= 4 is 0 Å². The molecule has 6 unspecified atom stereocenters. The van der Waals surface area contributed by atoms with Crippen LogP contribution in [0.5, 0.6) is 0 Å². The van der Waals surface area contributed by atoms with Crippen LogP contribution in [-0.4, -0.2) is 61.7 Å². The maximum absolute atomic E-state index is 9.82. The van der Waals surface area contributed by atoms with E-state index in [1.54, 1.807) is 0 Å². The Labute approximate surface area is 74.4 Å². The molecule has 13 heavy (non-hydrogen) atoms. The molecule has 0 bridgehead atoms. The third-order valence-corrected chi connectivity index (χ3v) is 2.96. The van der Waals surface area contributed by atoms with E-state index < -0.39 is 36.2 Å². The third-order valence-electron chi connectivity index (χ3n) is 2.96. The van der Waals surface area contributed by atoms with Gasteiger partial charge in [-0.3, -0.25) is 5.32 Å². The first kappa shape index (κ1) is 9.32. The number of nitrogens with one attached hydrogen (secondary N) is 1. The van der Waals surface area contributed by atoms with Crippen molar-refractivity contribution in [3.8, 4) is 0 Å². The topological polar surface area (TPSA) is 113 Å². The highest BCUT2D eigenvalue weighted by Crippen LogP contribution is 2.38. The molecule has 6 heteroatoms. The molecular weight excluding hydrogens is 178 g/mol. The SMILES string of the molecule is OC1CC2(O)C(O)C(O)C(O)C2N1. The van der Waals surface area contributed by atoms with E-state index in [0.717, 1.165) is 0 Å². The third kappa shape index (κ3) is 1.04. The highest BCUT2D eigenvalue weighted by Gasteiger charge is 2.63. The van der Waals surface area contributed by atoms with Gasteiger partial charge in [0.05, 0.1) is 6.04 Å². The van der Waals surface area contributed by atoms with E-state index in [9.17, 15) is 20.4 Å². The molecule has 0 amide bonds. The predicted molar refractivity (Wildman–Crippen MR) is 40.5 cm³/mol. The van der Waals surface area contributed by atoms with Crippen LogP contribution in [0, 0.1) is 0 Å². The van der Waals surface area contributed by atoms with Crippen LogP contribution in [0.2, 0.25) is 0 Å². The minimum atomic E-state index is -1.63. The molecule has 2 rings (SSSR count). The van der Waals surface area contributed by atoms with Gasteiger partial charge in [0.1, 0.15) is 30.1 Å². The molecule has 1 saturated heterocycles. The van der Waals surface area contributed by atoms with Crippen molar-refractivity contribution in [3.05, 3.63) is 0 Å². The standard InChI is InChI=1S/C7H13NO5/c9-2-1-7(13)5(8-2)3(10)4(11)6(7)12/h2-6,8-13H,1H2. The summed E-state index contributed by atoms with van der Waals surface area (Å²) in [5.74, 6) is 0. The quantitative estimate of drug-likeness (QED) is 0.237. The average Bonchev–Trinajstić information content (AvgIpc) is 2.44. The summed E-state index contributed by atoms with van der Waals surface area (Å²) in [6.07, 6.45) is -5.08. The summed E-state index contributed by atoms with van der Waals surface area (Å²) in [4.78, 5) is 0. The molecule has 2 aliphatic rings. The van der Waals surface area contributed by atoms with Crippen molar-refractivity contribution in [1.29, 1.82) is 0 Å². The minimum Gasteiger partial charge on any atom is -0.389 e. The zero-order valence-corrected chi connectivity index (χ0v) is 6.83. The van der Waals surface area contributed by atoms with Crippen molar-refractivity contribution in [2.75, 3.05) is 0 Å². The van der Waals surface area contributed by atoms with Crippen molar-refractivity contribution < 1.29 is 25.5 Å². The second kappa shape index (κ2) is 2.63. The lowest BCUT2D eigenvalue weighted by atomic mass is 9.95. The van der Waals surface area contributed by atoms with Crippen LogP contribution in [0.1, 0.15) is 6.42 Å². The number of aliphatic hydroxyl groups is 5. The van der Waals surface area contributed by atoms with Gasteiger partial charge in [0.25, 0.3) is 0 Å². The molecule has 2 fully saturated rings. The highest BCUT2D eigenvalue weighted by molar-refractivity contribution is 5.16. The van der Waals surface area contributed by atoms with E-state index in [1.165, 1.54) is 0 Å². The van der Waals surface area contributed by atoms with Crippen LogP contribution in [0.4, 0.5) is 0 Å². The lowest BCUT2D eigenvalue weighted by Gasteiger charge is -2.25. The largest absolute Gasteiger partial charge is 0.389 e. The fourth-order valence-electron chi connectivity index (χ4n) is 2.23. The summed E-state index contributed by atoms with van der Waals surface area (Å²) < 4.78 is 0. The fraction of sp³-hybridized carbons (Fsp3) is 1.00. The van der Waals surface area contributed by atoms with Crippen LogP contribution in [0.3, 0.4) is 0 Å². The summed E-state index contributed by atoms with van der Waals surface area (Å²) in [5.41, 5.74) is -1.63. The average molecular weight is 191 g/mol. The first-order chi connectivity index (χ1) is 5.97. The molecule has 1 heterocycles. The zero-order chi connectivity index (χ0) is 9.80. The van der Waals surface area contributed by atoms with Crippen molar-refractivity contribution in [1.82, 2.24) is 5.32 Å². The van der Waals surface area contributed by atoms with E-state index in [4.69, 9.17) is 5.11 Å². The van der Waals surface area contributed by atoms with E-state index in [0.29, 0.717) is 0 Å². The van der Waals surface area contributed by atoms with E-state index in [1.807, 2.05) is 0 Å². The molecule has 76 valence electrons. The van der Waals surface area contributed by atoms with E-state index >= 15 is 0 Å². The minimum absolute atomic E-state index is 0.0903. The Morgan fingerprint density at radius 2 is 1.69 bits per heavy atom. The Bertz CT molecular complexity index is 225. The van der Waals surface area contributed by atoms with Crippen LogP contribution >= 0.6 is 0 Å². The van der Waals surface area contributed by atoms with Crippen LogP contribution in [0.15, 0.2) is 0 Å². The van der Waals surface area contributed by atoms with Crippen LogP contribution < -0.4 is 5.32 Å². The Kier molecular flexibility index (Phi) is 1.88. The highest BCUT2D eigenvalue weighted by atomic mass is 16.4. The normalized spacial score (nSPS) is 61.2. The molecule has 6 N–H and O–H groups in total. The van der Waals surface area contributed by atoms with Crippen molar-refractivity contribution in [2.24, 2.45) is 0 Å². The molecule has 6 nitrogen and oxygen atoms in total. The number of rotatable bonds is 0. The number of hydrogen-bond acceptors (Lipinski definition) is 6. The molecule has 0 aromatic rings. The number of hydrogen-bond donors (Lipinski definition) is 6. The molecule has 1 saturated carbocycles. The summed E-state index contributed by atoms with van der Waals surface area (Å²) in [7, 11) is 0. The van der Waals surface area contributed by atoms with Crippen LogP contribution in [0.25, 0.3) is 0 Å². The molecule has 0 radical (unpaired) electrons. The summed E-state index contributed by atoms with van der Waals surface area (Å²) in [5, 5.41) is 49.5. The molecule has 0 aromatic heterocycles. The van der Waals surface area contributed by atoms with Gasteiger partial charge in [0.2, 0.25) is 0 Å². The Morgan fingerprint density at radius 3 is 2.23 bits per heavy atom. The molecule has 0 aromatic carbocycles. The molecule has 1 aliphatic carbocycles. The first-order valence-electron chi connectivity index (χ1n) is 4.17. The molecule has 6 atom stereocenters. The monoisotopic (exact) mass is 191 g/mol. The summed E-state index contributed by atoms with van der Waals surface area (Å²) >= 11 is 0. The van der Waals surface area contributed by atoms with Gasteiger partial charge in [0, 0.05) is 6.42 Å². The second-order valence-electron chi connectivity index (χ2n) is 3.78. The number of aliphatic hydroxyl groups excluding tert-OH is 4. The Hall–Kier alpha value is -0.240. The summed E-state index contributed by atoms with van der Waals surface area (Å²) in [6, 6.07) is -0.868. The molecule has 0 spiro atoms. The summed E-state index contributed by atoms with van der Waals surface area (Å²) in [6.45, 7) is 0. The van der Waals surface area contributed by atoms with Gasteiger partial charge in [0.15, 0.2) is 0 Å². The van der Waals surface area contributed by atoms with E-state index in [2.05, 4.69) is 5.32 Å². The smallest absolute Gasteiger partial charge is 0.115 e. The van der Waals surface area contributed by atoms with Crippen LogP contribution in [-0.2, 0) is 0 Å². The lowest BCUT2D eigenvalue weighted by Crippen LogP contribution is -2.48. The number of fused-ring (bicyclic) bond motifs is 1. The molecule has 1 aliphatic heterocycles.